The Bertz CT molecular complexity index is 703. The van der Waals surface area contributed by atoms with Crippen molar-refractivity contribution in [2.45, 2.75) is 6.92 Å². The van der Waals surface area contributed by atoms with Crippen LogP contribution in [0.15, 0.2) is 41.9 Å². The molecule has 0 fully saturated rings. The zero-order valence-electron chi connectivity index (χ0n) is 9.97. The van der Waals surface area contributed by atoms with Crippen molar-refractivity contribution in [1.82, 2.24) is 4.98 Å². The van der Waals surface area contributed by atoms with Gasteiger partial charge in [0.2, 0.25) is 0 Å². The first-order chi connectivity index (χ1) is 8.72. The lowest BCUT2D eigenvalue weighted by atomic mass is 10.2. The van der Waals surface area contributed by atoms with E-state index in [9.17, 15) is 0 Å². The van der Waals surface area contributed by atoms with Gasteiger partial charge in [0.05, 0.1) is 11.9 Å². The van der Waals surface area contributed by atoms with Crippen LogP contribution in [0.1, 0.15) is 5.56 Å². The van der Waals surface area contributed by atoms with Crippen molar-refractivity contribution >= 4 is 38.6 Å². The molecule has 0 radical (unpaired) electrons. The molecule has 2 heterocycles. The Labute approximate surface area is 109 Å². The van der Waals surface area contributed by atoms with Crippen LogP contribution >= 0.6 is 11.3 Å². The van der Waals surface area contributed by atoms with Crippen molar-refractivity contribution < 1.29 is 0 Å². The summed E-state index contributed by atoms with van der Waals surface area (Å²) >= 11 is 1.75. The van der Waals surface area contributed by atoms with Crippen LogP contribution < -0.4 is 11.1 Å². The van der Waals surface area contributed by atoms with Crippen molar-refractivity contribution in [3.8, 4) is 0 Å². The predicted molar refractivity (Wildman–Crippen MR) is 78.5 cm³/mol. The van der Waals surface area contributed by atoms with Crippen molar-refractivity contribution in [3.05, 3.63) is 47.5 Å². The Morgan fingerprint density at radius 1 is 1.22 bits per heavy atom. The SMILES string of the molecule is Cc1cc(N)cnc1Nc1ccc2sccc2c1. The standard InChI is InChI=1S/C14H13N3S/c1-9-6-11(15)8-16-14(9)17-12-2-3-13-10(7-12)4-5-18-13/h2-8H,15H2,1H3,(H,16,17). The molecule has 3 N–H and O–H groups in total. The predicted octanol–water partition coefficient (Wildman–Crippen LogP) is 3.93. The Balaban J connectivity index is 1.95. The van der Waals surface area contributed by atoms with Gasteiger partial charge >= 0.3 is 0 Å². The second kappa shape index (κ2) is 4.31. The van der Waals surface area contributed by atoms with Crippen molar-refractivity contribution in [1.29, 1.82) is 0 Å². The number of anilines is 3. The van der Waals surface area contributed by atoms with Gasteiger partial charge in [0.15, 0.2) is 0 Å². The van der Waals surface area contributed by atoms with E-state index in [1.165, 1.54) is 10.1 Å². The minimum absolute atomic E-state index is 0.686. The fourth-order valence-electron chi connectivity index (χ4n) is 1.91. The lowest BCUT2D eigenvalue weighted by Gasteiger charge is -2.09. The van der Waals surface area contributed by atoms with E-state index in [2.05, 4.69) is 39.9 Å². The number of rotatable bonds is 2. The highest BCUT2D eigenvalue weighted by atomic mass is 32.1. The molecule has 0 aliphatic carbocycles. The third-order valence-electron chi connectivity index (χ3n) is 2.81. The maximum Gasteiger partial charge on any atom is 0.133 e. The number of hydrogen-bond acceptors (Lipinski definition) is 4. The molecule has 4 heteroatoms. The molecule has 0 spiro atoms. The number of nitrogens with one attached hydrogen (secondary N) is 1. The van der Waals surface area contributed by atoms with Crippen LogP contribution in [0.5, 0.6) is 0 Å². The van der Waals surface area contributed by atoms with Gasteiger partial charge in [-0.3, -0.25) is 0 Å². The lowest BCUT2D eigenvalue weighted by molar-refractivity contribution is 1.26. The number of fused-ring (bicyclic) bond motifs is 1. The summed E-state index contributed by atoms with van der Waals surface area (Å²) in [5.74, 6) is 0.846. The van der Waals surface area contributed by atoms with Crippen LogP contribution in [0, 0.1) is 6.92 Å². The van der Waals surface area contributed by atoms with Gasteiger partial charge in [-0.1, -0.05) is 0 Å². The second-order valence-corrected chi connectivity index (χ2v) is 5.18. The van der Waals surface area contributed by atoms with E-state index < -0.39 is 0 Å². The molecule has 0 aliphatic rings. The van der Waals surface area contributed by atoms with E-state index in [4.69, 9.17) is 5.73 Å². The van der Waals surface area contributed by atoms with Crippen LogP contribution in [0.4, 0.5) is 17.2 Å². The summed E-state index contributed by atoms with van der Waals surface area (Å²) in [5, 5.41) is 6.67. The van der Waals surface area contributed by atoms with E-state index in [1.807, 2.05) is 13.0 Å². The Morgan fingerprint density at radius 3 is 2.94 bits per heavy atom. The quantitative estimate of drug-likeness (QED) is 0.729. The molecule has 2 aromatic heterocycles. The molecule has 0 aliphatic heterocycles. The minimum Gasteiger partial charge on any atom is -0.397 e. The van der Waals surface area contributed by atoms with Gasteiger partial charge in [-0.15, -0.1) is 11.3 Å². The van der Waals surface area contributed by atoms with E-state index in [-0.39, 0.29) is 0 Å². The maximum absolute atomic E-state index is 5.69. The van der Waals surface area contributed by atoms with Gasteiger partial charge in [-0.25, -0.2) is 4.98 Å². The van der Waals surface area contributed by atoms with Gasteiger partial charge in [-0.05, 0) is 53.6 Å². The summed E-state index contributed by atoms with van der Waals surface area (Å²) in [4.78, 5) is 4.31. The first kappa shape index (κ1) is 11.0. The number of aryl methyl sites for hydroxylation is 1. The molecular weight excluding hydrogens is 242 g/mol. The number of nitrogens with two attached hydrogens (primary N) is 1. The highest BCUT2D eigenvalue weighted by Gasteiger charge is 2.02. The molecule has 0 saturated heterocycles. The molecule has 3 aromatic rings. The van der Waals surface area contributed by atoms with Crippen molar-refractivity contribution in [3.63, 3.8) is 0 Å². The average molecular weight is 255 g/mol. The molecule has 0 atom stereocenters. The number of aromatic nitrogens is 1. The lowest BCUT2D eigenvalue weighted by Crippen LogP contribution is -1.97. The van der Waals surface area contributed by atoms with Crippen LogP contribution in [0.25, 0.3) is 10.1 Å². The fraction of sp³-hybridized carbons (Fsp3) is 0.0714. The molecule has 90 valence electrons. The van der Waals surface area contributed by atoms with Crippen molar-refractivity contribution in [2.24, 2.45) is 0 Å². The third-order valence-corrected chi connectivity index (χ3v) is 3.71. The Hall–Kier alpha value is -2.07. The Kier molecular flexibility index (Phi) is 2.64. The number of hydrogen-bond donors (Lipinski definition) is 2. The van der Waals surface area contributed by atoms with Gasteiger partial charge in [-0.2, -0.15) is 0 Å². The van der Waals surface area contributed by atoms with Crippen molar-refractivity contribution in [2.75, 3.05) is 11.1 Å². The van der Waals surface area contributed by atoms with Gasteiger partial charge in [0, 0.05) is 10.4 Å². The van der Waals surface area contributed by atoms with E-state index in [0.29, 0.717) is 5.69 Å². The number of thiophene rings is 1. The molecule has 3 rings (SSSR count). The van der Waals surface area contributed by atoms with Crippen LogP contribution in [0.2, 0.25) is 0 Å². The molecule has 1 aromatic carbocycles. The highest BCUT2D eigenvalue weighted by molar-refractivity contribution is 7.17. The first-order valence-electron chi connectivity index (χ1n) is 5.69. The van der Waals surface area contributed by atoms with E-state index in [0.717, 1.165) is 17.1 Å². The average Bonchev–Trinajstić information content (AvgIpc) is 2.80. The fourth-order valence-corrected chi connectivity index (χ4v) is 2.68. The molecule has 0 saturated carbocycles. The number of nitrogen functional groups attached to an aromatic ring is 1. The van der Waals surface area contributed by atoms with Gasteiger partial charge in [0.1, 0.15) is 5.82 Å². The summed E-state index contributed by atoms with van der Waals surface area (Å²) in [6.45, 7) is 1.99. The summed E-state index contributed by atoms with van der Waals surface area (Å²) in [6, 6.07) is 10.3. The van der Waals surface area contributed by atoms with E-state index >= 15 is 0 Å². The second-order valence-electron chi connectivity index (χ2n) is 4.23. The van der Waals surface area contributed by atoms with Gasteiger partial charge < -0.3 is 11.1 Å². The molecule has 0 amide bonds. The number of nitrogens with zero attached hydrogens (tertiary/aromatic N) is 1. The normalized spacial score (nSPS) is 10.7. The third kappa shape index (κ3) is 2.02. The summed E-state index contributed by atoms with van der Waals surface area (Å²) in [5.41, 5.74) is 8.46. The first-order valence-corrected chi connectivity index (χ1v) is 6.57. The largest absolute Gasteiger partial charge is 0.397 e. The molecular formula is C14H13N3S. The molecule has 0 unspecified atom stereocenters. The maximum atomic E-state index is 5.69. The molecule has 3 nitrogen and oxygen atoms in total. The zero-order valence-corrected chi connectivity index (χ0v) is 10.8. The summed E-state index contributed by atoms with van der Waals surface area (Å²) < 4.78 is 1.29. The van der Waals surface area contributed by atoms with Gasteiger partial charge in [0.25, 0.3) is 0 Å². The summed E-state index contributed by atoms with van der Waals surface area (Å²) in [7, 11) is 0. The monoisotopic (exact) mass is 255 g/mol. The molecule has 18 heavy (non-hydrogen) atoms. The van der Waals surface area contributed by atoms with E-state index in [1.54, 1.807) is 17.5 Å². The van der Waals surface area contributed by atoms with Crippen LogP contribution in [-0.2, 0) is 0 Å². The smallest absolute Gasteiger partial charge is 0.133 e. The minimum atomic E-state index is 0.686. The molecule has 0 bridgehead atoms. The van der Waals surface area contributed by atoms with Crippen LogP contribution in [-0.4, -0.2) is 4.98 Å². The zero-order chi connectivity index (χ0) is 12.5. The number of benzene rings is 1. The summed E-state index contributed by atoms with van der Waals surface area (Å²) in [6.07, 6.45) is 1.67. The number of pyridine rings is 1. The Morgan fingerprint density at radius 2 is 2.11 bits per heavy atom. The highest BCUT2D eigenvalue weighted by Crippen LogP contribution is 2.26. The van der Waals surface area contributed by atoms with Crippen LogP contribution in [0.3, 0.4) is 0 Å². The topological polar surface area (TPSA) is 50.9 Å².